The van der Waals surface area contributed by atoms with Crippen molar-refractivity contribution in [2.75, 3.05) is 19.8 Å². The highest BCUT2D eigenvalue weighted by Crippen LogP contribution is 2.39. The van der Waals surface area contributed by atoms with Crippen molar-refractivity contribution < 1.29 is 19.0 Å². The Hall–Kier alpha value is -4.01. The van der Waals surface area contributed by atoms with E-state index in [0.717, 1.165) is 17.8 Å². The van der Waals surface area contributed by atoms with Gasteiger partial charge in [0.25, 0.3) is 11.5 Å². The molecule has 0 radical (unpaired) electrons. The van der Waals surface area contributed by atoms with E-state index in [1.807, 2.05) is 58.0 Å². The van der Waals surface area contributed by atoms with Gasteiger partial charge in [0.2, 0.25) is 5.75 Å². The van der Waals surface area contributed by atoms with Gasteiger partial charge in [0.15, 0.2) is 11.5 Å². The first-order chi connectivity index (χ1) is 17.4. The first-order valence-electron chi connectivity index (χ1n) is 12.3. The van der Waals surface area contributed by atoms with Gasteiger partial charge < -0.3 is 14.2 Å². The lowest BCUT2D eigenvalue weighted by Gasteiger charge is -2.16. The highest BCUT2D eigenvalue weighted by molar-refractivity contribution is 6.01. The number of ether oxygens (including phenoxy) is 3. The summed E-state index contributed by atoms with van der Waals surface area (Å²) in [5.41, 5.74) is 4.98. The number of hydrazone groups is 1. The number of hydrogen-bond donors (Lipinski definition) is 2. The van der Waals surface area contributed by atoms with Crippen molar-refractivity contribution in [3.05, 3.63) is 69.6 Å². The number of para-hydroxylation sites is 1. The highest BCUT2D eigenvalue weighted by atomic mass is 16.5. The third-order valence-electron chi connectivity index (χ3n) is 5.34. The summed E-state index contributed by atoms with van der Waals surface area (Å²) in [5, 5.41) is 7.45. The van der Waals surface area contributed by atoms with E-state index >= 15 is 0 Å². The highest BCUT2D eigenvalue weighted by Gasteiger charge is 2.20. The van der Waals surface area contributed by atoms with E-state index in [1.54, 1.807) is 19.1 Å². The van der Waals surface area contributed by atoms with Gasteiger partial charge in [0.05, 0.1) is 36.8 Å². The Balaban J connectivity index is 1.94. The van der Waals surface area contributed by atoms with Crippen molar-refractivity contribution in [3.63, 3.8) is 0 Å². The first kappa shape index (κ1) is 26.6. The molecule has 3 rings (SSSR count). The minimum atomic E-state index is -0.463. The van der Waals surface area contributed by atoms with E-state index in [0.29, 0.717) is 60.3 Å². The van der Waals surface area contributed by atoms with Crippen molar-refractivity contribution in [1.29, 1.82) is 0 Å². The van der Waals surface area contributed by atoms with E-state index < -0.39 is 5.91 Å². The molecule has 1 heterocycles. The molecule has 1 amide bonds. The molecule has 0 fully saturated rings. The second kappa shape index (κ2) is 12.6. The molecule has 9 heteroatoms. The van der Waals surface area contributed by atoms with Gasteiger partial charge in [-0.25, -0.2) is 10.1 Å². The van der Waals surface area contributed by atoms with Gasteiger partial charge in [-0.2, -0.15) is 5.10 Å². The average Bonchev–Trinajstić information content (AvgIpc) is 3.20. The van der Waals surface area contributed by atoms with Crippen LogP contribution < -0.4 is 25.2 Å². The first-order valence-corrected chi connectivity index (χ1v) is 12.3. The summed E-state index contributed by atoms with van der Waals surface area (Å²) >= 11 is 0. The molecule has 0 aliphatic heterocycles. The Morgan fingerprint density at radius 2 is 1.58 bits per heavy atom. The summed E-state index contributed by atoms with van der Waals surface area (Å²) in [6.45, 7) is 10.5. The standard InChI is InChI=1S/C27H34N4O5/c1-6-13-21-24(27(33)31(30-21)20-14-11-10-12-15-20)18(5)28-29-26(32)19-16-22(34-7-2)25(36-9-4)23(17-19)35-8-3/h10-12,14-17,30H,6-9,13H2,1-5H3,(H,29,32)/b28-18+. The topological polar surface area (TPSA) is 107 Å². The smallest absolute Gasteiger partial charge is 0.280 e. The van der Waals surface area contributed by atoms with E-state index in [2.05, 4.69) is 15.6 Å². The molecular formula is C27H34N4O5. The molecule has 0 aliphatic rings. The van der Waals surface area contributed by atoms with E-state index in [4.69, 9.17) is 14.2 Å². The number of H-pyrrole nitrogens is 1. The van der Waals surface area contributed by atoms with E-state index in [1.165, 1.54) is 4.68 Å². The molecule has 192 valence electrons. The maximum Gasteiger partial charge on any atom is 0.280 e. The third-order valence-corrected chi connectivity index (χ3v) is 5.34. The maximum absolute atomic E-state index is 13.2. The van der Waals surface area contributed by atoms with Crippen LogP contribution in [0.25, 0.3) is 5.69 Å². The lowest BCUT2D eigenvalue weighted by atomic mass is 10.1. The number of aromatic nitrogens is 2. The molecule has 0 bridgehead atoms. The Morgan fingerprint density at radius 3 is 2.14 bits per heavy atom. The van der Waals surface area contributed by atoms with Crippen molar-refractivity contribution in [2.24, 2.45) is 5.10 Å². The zero-order valence-corrected chi connectivity index (χ0v) is 21.5. The van der Waals surface area contributed by atoms with Crippen LogP contribution in [0.1, 0.15) is 62.7 Å². The lowest BCUT2D eigenvalue weighted by molar-refractivity contribution is 0.0953. The molecule has 0 atom stereocenters. The van der Waals surface area contributed by atoms with Crippen LogP contribution in [0, 0.1) is 0 Å². The fraction of sp³-hybridized carbons (Fsp3) is 0.370. The summed E-state index contributed by atoms with van der Waals surface area (Å²) in [7, 11) is 0. The quantitative estimate of drug-likeness (QED) is 0.285. The molecular weight excluding hydrogens is 460 g/mol. The Morgan fingerprint density at radius 1 is 0.972 bits per heavy atom. The fourth-order valence-corrected chi connectivity index (χ4v) is 3.82. The number of amides is 1. The van der Waals surface area contributed by atoms with Crippen LogP contribution in [0.2, 0.25) is 0 Å². The molecule has 1 aromatic heterocycles. The summed E-state index contributed by atoms with van der Waals surface area (Å²) in [6.07, 6.45) is 1.51. The number of rotatable bonds is 12. The number of nitrogens with one attached hydrogen (secondary N) is 2. The van der Waals surface area contributed by atoms with Gasteiger partial charge in [0, 0.05) is 11.3 Å². The number of hydrogen-bond acceptors (Lipinski definition) is 6. The minimum absolute atomic E-state index is 0.224. The average molecular weight is 495 g/mol. The molecule has 2 N–H and O–H groups in total. The largest absolute Gasteiger partial charge is 0.490 e. The molecule has 0 unspecified atom stereocenters. The van der Waals surface area contributed by atoms with Crippen molar-refractivity contribution in [1.82, 2.24) is 15.2 Å². The molecule has 2 aromatic carbocycles. The predicted molar refractivity (Wildman–Crippen MR) is 140 cm³/mol. The SMILES string of the molecule is CCCc1[nH]n(-c2ccccc2)c(=O)c1/C(C)=N/NC(=O)c1cc(OCC)c(OCC)c(OCC)c1. The number of benzene rings is 2. The van der Waals surface area contributed by atoms with Crippen LogP contribution in [-0.2, 0) is 6.42 Å². The third kappa shape index (κ3) is 5.97. The van der Waals surface area contributed by atoms with Gasteiger partial charge in [-0.05, 0) is 58.4 Å². The van der Waals surface area contributed by atoms with Gasteiger partial charge in [0.1, 0.15) is 0 Å². The normalized spacial score (nSPS) is 11.3. The molecule has 36 heavy (non-hydrogen) atoms. The number of nitrogens with zero attached hydrogens (tertiary/aromatic N) is 2. The summed E-state index contributed by atoms with van der Waals surface area (Å²) < 4.78 is 18.6. The Kier molecular flexibility index (Phi) is 9.32. The van der Waals surface area contributed by atoms with Crippen LogP contribution in [0.5, 0.6) is 17.2 Å². The lowest BCUT2D eigenvalue weighted by Crippen LogP contribution is -2.23. The molecule has 0 aliphatic carbocycles. The van der Waals surface area contributed by atoms with Crippen LogP contribution in [0.4, 0.5) is 0 Å². The van der Waals surface area contributed by atoms with Gasteiger partial charge >= 0.3 is 0 Å². The zero-order valence-electron chi connectivity index (χ0n) is 21.5. The Bertz CT molecular complexity index is 1230. The predicted octanol–water partition coefficient (Wildman–Crippen LogP) is 4.47. The number of carbonyl (C=O) groups is 1. The minimum Gasteiger partial charge on any atom is -0.490 e. The van der Waals surface area contributed by atoms with Crippen LogP contribution >= 0.6 is 0 Å². The molecule has 0 saturated heterocycles. The zero-order chi connectivity index (χ0) is 26.1. The Labute approximate surface area is 211 Å². The number of carbonyl (C=O) groups excluding carboxylic acids is 1. The monoisotopic (exact) mass is 494 g/mol. The molecule has 0 spiro atoms. The summed E-state index contributed by atoms with van der Waals surface area (Å²) in [6, 6.07) is 12.5. The van der Waals surface area contributed by atoms with Crippen LogP contribution in [-0.4, -0.2) is 41.2 Å². The second-order valence-corrected chi connectivity index (χ2v) is 7.93. The summed E-state index contributed by atoms with van der Waals surface area (Å²) in [5.74, 6) is 0.821. The van der Waals surface area contributed by atoms with Crippen LogP contribution in [0.15, 0.2) is 52.4 Å². The van der Waals surface area contributed by atoms with Gasteiger partial charge in [-0.3, -0.25) is 14.7 Å². The molecule has 9 nitrogen and oxygen atoms in total. The molecule has 3 aromatic rings. The van der Waals surface area contributed by atoms with Crippen molar-refractivity contribution in [2.45, 2.75) is 47.5 Å². The van der Waals surface area contributed by atoms with E-state index in [9.17, 15) is 9.59 Å². The van der Waals surface area contributed by atoms with Crippen molar-refractivity contribution >= 4 is 11.6 Å². The summed E-state index contributed by atoms with van der Waals surface area (Å²) in [4.78, 5) is 26.3. The van der Waals surface area contributed by atoms with Crippen LogP contribution in [0.3, 0.4) is 0 Å². The van der Waals surface area contributed by atoms with Gasteiger partial charge in [-0.1, -0.05) is 31.5 Å². The molecule has 0 saturated carbocycles. The van der Waals surface area contributed by atoms with Gasteiger partial charge in [-0.15, -0.1) is 0 Å². The number of aryl methyl sites for hydroxylation is 1. The number of aromatic amines is 1. The maximum atomic E-state index is 13.2. The van der Waals surface area contributed by atoms with E-state index in [-0.39, 0.29) is 5.56 Å². The van der Waals surface area contributed by atoms with Crippen molar-refractivity contribution in [3.8, 4) is 22.9 Å². The fourth-order valence-electron chi connectivity index (χ4n) is 3.82. The second-order valence-electron chi connectivity index (χ2n) is 7.93.